The Labute approximate surface area is 349 Å². The average Bonchev–Trinajstić information content (AvgIpc) is 3.59. The summed E-state index contributed by atoms with van der Waals surface area (Å²) in [4.78, 5) is 19.3. The van der Waals surface area contributed by atoms with Crippen LogP contribution in [-0.4, -0.2) is 19.9 Å². The highest BCUT2D eigenvalue weighted by molar-refractivity contribution is 6.08. The lowest BCUT2D eigenvalue weighted by molar-refractivity contribution is 0.353. The van der Waals surface area contributed by atoms with Crippen molar-refractivity contribution in [3.63, 3.8) is 0 Å². The van der Waals surface area contributed by atoms with Gasteiger partial charge in [0.15, 0.2) is 17.5 Å². The Morgan fingerprint density at radius 1 is 0.433 bits per heavy atom. The van der Waals surface area contributed by atoms with Gasteiger partial charge in [0.25, 0.3) is 0 Å². The molecule has 9 aromatic rings. The molecule has 2 heterocycles. The van der Waals surface area contributed by atoms with E-state index in [2.05, 4.69) is 132 Å². The zero-order valence-electron chi connectivity index (χ0n) is 33.0. The van der Waals surface area contributed by atoms with Gasteiger partial charge in [-0.2, -0.15) is 5.26 Å². The van der Waals surface area contributed by atoms with Crippen molar-refractivity contribution >= 4 is 10.8 Å². The van der Waals surface area contributed by atoms with Gasteiger partial charge < -0.3 is 0 Å². The molecule has 5 nitrogen and oxygen atoms in total. The molecule has 0 N–H and O–H groups in total. The molecule has 0 aliphatic heterocycles. The Kier molecular flexibility index (Phi) is 8.71. The highest BCUT2D eigenvalue weighted by atomic mass is 15.0. The Balaban J connectivity index is 0.981. The second-order valence-electron chi connectivity index (χ2n) is 16.0. The van der Waals surface area contributed by atoms with E-state index < -0.39 is 0 Å². The SMILES string of the molecule is N#Cc1ccc2c(c1)C1(CCCCC1)c1cccc(-c3ccc(-c4ccc(-c5nc(-c6ccccc6)nc(-c6ccc(-c7cccnc7)cc6)n5)cc4)c4ccccc34)c1-2. The van der Waals surface area contributed by atoms with Gasteiger partial charge in [-0.15, -0.1) is 0 Å². The van der Waals surface area contributed by atoms with E-state index in [0.717, 1.165) is 51.8 Å². The second kappa shape index (κ2) is 14.7. The minimum Gasteiger partial charge on any atom is -0.264 e. The van der Waals surface area contributed by atoms with Gasteiger partial charge in [0.05, 0.1) is 11.6 Å². The van der Waals surface area contributed by atoms with Gasteiger partial charge in [0, 0.05) is 34.5 Å². The number of nitrogens with zero attached hydrogens (tertiary/aromatic N) is 5. The summed E-state index contributed by atoms with van der Waals surface area (Å²) in [5.74, 6) is 1.88. The average molecular weight is 770 g/mol. The first-order chi connectivity index (χ1) is 29.7. The summed E-state index contributed by atoms with van der Waals surface area (Å²) in [6, 6.07) is 60.1. The molecule has 1 saturated carbocycles. The summed E-state index contributed by atoms with van der Waals surface area (Å²) in [5, 5.41) is 12.3. The van der Waals surface area contributed by atoms with Crippen LogP contribution in [0.3, 0.4) is 0 Å². The minimum absolute atomic E-state index is 0.0324. The summed E-state index contributed by atoms with van der Waals surface area (Å²) in [6.45, 7) is 0. The molecule has 7 aromatic carbocycles. The molecule has 60 heavy (non-hydrogen) atoms. The molecular weight excluding hydrogens is 731 g/mol. The van der Waals surface area contributed by atoms with Crippen molar-refractivity contribution in [3.8, 4) is 84.7 Å². The fraction of sp³-hybridized carbons (Fsp3) is 0.109. The normalized spacial score (nSPS) is 13.8. The van der Waals surface area contributed by atoms with Crippen LogP contribution in [0.4, 0.5) is 0 Å². The quantitative estimate of drug-likeness (QED) is 0.168. The molecule has 11 rings (SSSR count). The molecule has 5 heteroatoms. The van der Waals surface area contributed by atoms with Crippen LogP contribution in [0.25, 0.3) is 89.4 Å². The van der Waals surface area contributed by atoms with Gasteiger partial charge in [0.1, 0.15) is 0 Å². The first-order valence-corrected chi connectivity index (χ1v) is 20.8. The third-order valence-corrected chi connectivity index (χ3v) is 12.7. The van der Waals surface area contributed by atoms with Crippen LogP contribution in [-0.2, 0) is 5.41 Å². The van der Waals surface area contributed by atoms with Crippen molar-refractivity contribution in [2.75, 3.05) is 0 Å². The largest absolute Gasteiger partial charge is 0.264 e. The van der Waals surface area contributed by atoms with E-state index in [1.165, 1.54) is 69.0 Å². The number of nitriles is 1. The van der Waals surface area contributed by atoms with Crippen LogP contribution in [0.2, 0.25) is 0 Å². The van der Waals surface area contributed by atoms with Gasteiger partial charge in [-0.1, -0.05) is 165 Å². The van der Waals surface area contributed by atoms with Gasteiger partial charge in [0.2, 0.25) is 0 Å². The summed E-state index contributed by atoms with van der Waals surface area (Å²) in [6.07, 6.45) is 9.59. The monoisotopic (exact) mass is 769 g/mol. The minimum atomic E-state index is -0.0324. The summed E-state index contributed by atoms with van der Waals surface area (Å²) >= 11 is 0. The maximum atomic E-state index is 9.90. The summed E-state index contributed by atoms with van der Waals surface area (Å²) in [5.41, 5.74) is 15.8. The van der Waals surface area contributed by atoms with Crippen LogP contribution in [0.15, 0.2) is 176 Å². The molecule has 2 aliphatic carbocycles. The van der Waals surface area contributed by atoms with Crippen molar-refractivity contribution in [1.82, 2.24) is 19.9 Å². The molecule has 1 fully saturated rings. The van der Waals surface area contributed by atoms with Crippen LogP contribution in [0, 0.1) is 11.3 Å². The van der Waals surface area contributed by atoms with Crippen molar-refractivity contribution < 1.29 is 0 Å². The van der Waals surface area contributed by atoms with Crippen molar-refractivity contribution in [2.24, 2.45) is 0 Å². The fourth-order valence-corrected chi connectivity index (χ4v) is 9.81. The van der Waals surface area contributed by atoms with Crippen LogP contribution in [0.5, 0.6) is 0 Å². The van der Waals surface area contributed by atoms with E-state index >= 15 is 0 Å². The van der Waals surface area contributed by atoms with Gasteiger partial charge in [-0.25, -0.2) is 15.0 Å². The lowest BCUT2D eigenvalue weighted by Crippen LogP contribution is -2.28. The second-order valence-corrected chi connectivity index (χ2v) is 16.0. The summed E-state index contributed by atoms with van der Waals surface area (Å²) < 4.78 is 0. The molecule has 0 unspecified atom stereocenters. The van der Waals surface area contributed by atoms with Crippen LogP contribution in [0.1, 0.15) is 48.8 Å². The Morgan fingerprint density at radius 2 is 1.02 bits per heavy atom. The molecule has 284 valence electrons. The molecule has 2 aliphatic rings. The first-order valence-electron chi connectivity index (χ1n) is 20.8. The maximum absolute atomic E-state index is 9.90. The zero-order chi connectivity index (χ0) is 40.0. The predicted octanol–water partition coefficient (Wildman–Crippen LogP) is 13.5. The van der Waals surface area contributed by atoms with Crippen molar-refractivity contribution in [2.45, 2.75) is 37.5 Å². The molecule has 0 atom stereocenters. The van der Waals surface area contributed by atoms with E-state index in [1.807, 2.05) is 48.7 Å². The number of hydrogen-bond donors (Lipinski definition) is 0. The van der Waals surface area contributed by atoms with Gasteiger partial charge in [-0.3, -0.25) is 4.98 Å². The van der Waals surface area contributed by atoms with E-state index in [4.69, 9.17) is 15.0 Å². The molecule has 0 bridgehead atoms. The molecule has 2 aromatic heterocycles. The number of rotatable bonds is 6. The Morgan fingerprint density at radius 3 is 1.68 bits per heavy atom. The number of pyridine rings is 1. The van der Waals surface area contributed by atoms with E-state index in [0.29, 0.717) is 17.5 Å². The Bertz CT molecular complexity index is 3110. The van der Waals surface area contributed by atoms with Crippen LogP contribution >= 0.6 is 0 Å². The molecule has 0 saturated heterocycles. The zero-order valence-corrected chi connectivity index (χ0v) is 33.0. The number of aromatic nitrogens is 4. The Hall–Kier alpha value is -7.55. The number of hydrogen-bond acceptors (Lipinski definition) is 5. The third kappa shape index (κ3) is 6.00. The number of fused-ring (bicyclic) bond motifs is 6. The van der Waals surface area contributed by atoms with E-state index in [-0.39, 0.29) is 5.41 Å². The van der Waals surface area contributed by atoms with Crippen molar-refractivity contribution in [3.05, 3.63) is 193 Å². The van der Waals surface area contributed by atoms with Crippen molar-refractivity contribution in [1.29, 1.82) is 5.26 Å². The third-order valence-electron chi connectivity index (χ3n) is 12.7. The smallest absolute Gasteiger partial charge is 0.164 e. The maximum Gasteiger partial charge on any atom is 0.164 e. The molecular formula is C55H39N5. The molecule has 0 amide bonds. The standard InChI is InChI=1S/C55H39N5/c56-34-36-18-27-48-50(33-36)55(30-7-2-8-31-55)49-17-9-16-47(51(48)49)46-29-28-43(44-14-5-6-15-45(44)46)38-21-25-41(26-22-38)54-59-52(39-11-3-1-4-12-39)58-53(60-54)40-23-19-37(20-24-40)42-13-10-32-57-35-42/h1,3-6,9-29,32-33,35H,2,7-8,30-31H2. The summed E-state index contributed by atoms with van der Waals surface area (Å²) in [7, 11) is 0. The lowest BCUT2D eigenvalue weighted by atomic mass is 9.67. The lowest BCUT2D eigenvalue weighted by Gasteiger charge is -2.36. The number of benzene rings is 7. The fourth-order valence-electron chi connectivity index (χ4n) is 9.81. The van der Waals surface area contributed by atoms with Crippen LogP contribution < -0.4 is 0 Å². The van der Waals surface area contributed by atoms with E-state index in [1.54, 1.807) is 6.20 Å². The highest BCUT2D eigenvalue weighted by Crippen LogP contribution is 2.58. The highest BCUT2D eigenvalue weighted by Gasteiger charge is 2.44. The van der Waals surface area contributed by atoms with Gasteiger partial charge in [-0.05, 0) is 97.4 Å². The van der Waals surface area contributed by atoms with E-state index in [9.17, 15) is 5.26 Å². The predicted molar refractivity (Wildman–Crippen MR) is 242 cm³/mol. The molecule has 0 radical (unpaired) electrons. The first kappa shape index (κ1) is 35.6. The van der Waals surface area contributed by atoms with Gasteiger partial charge >= 0.3 is 0 Å². The topological polar surface area (TPSA) is 75.3 Å². The molecule has 1 spiro atoms.